The molecule has 0 unspecified atom stereocenters. The lowest BCUT2D eigenvalue weighted by atomic mass is 10.1. The van der Waals surface area contributed by atoms with Crippen LogP contribution in [0, 0.1) is 6.92 Å². The van der Waals surface area contributed by atoms with Gasteiger partial charge in [-0.2, -0.15) is 0 Å². The Balaban J connectivity index is 1.73. The largest absolute Gasteiger partial charge is 0.508 e. The summed E-state index contributed by atoms with van der Waals surface area (Å²) >= 11 is 0. The van der Waals surface area contributed by atoms with Crippen LogP contribution < -0.4 is 4.74 Å². The molecule has 3 aromatic rings. The van der Waals surface area contributed by atoms with Gasteiger partial charge in [0, 0.05) is 19.6 Å². The van der Waals surface area contributed by atoms with Gasteiger partial charge in [-0.15, -0.1) is 0 Å². The maximum absolute atomic E-state index is 11.1. The molecule has 2 N–H and O–H groups in total. The Labute approximate surface area is 170 Å². The van der Waals surface area contributed by atoms with Crippen LogP contribution in [0.5, 0.6) is 17.2 Å². The molecule has 0 amide bonds. The molecule has 0 aromatic heterocycles. The van der Waals surface area contributed by atoms with E-state index in [0.29, 0.717) is 19.6 Å². The summed E-state index contributed by atoms with van der Waals surface area (Å²) in [6.45, 7) is 3.47. The number of carbonyl (C=O) groups is 1. The third-order valence-electron chi connectivity index (χ3n) is 4.59. The molecular formula is C24H25NO4. The first-order chi connectivity index (χ1) is 14.0. The van der Waals surface area contributed by atoms with Gasteiger partial charge in [-0.25, -0.2) is 0 Å². The zero-order valence-corrected chi connectivity index (χ0v) is 16.4. The minimum absolute atomic E-state index is 0.0667. The predicted octanol–water partition coefficient (Wildman–Crippen LogP) is 4.97. The Bertz CT molecular complexity index is 956. The number of rotatable bonds is 9. The van der Waals surface area contributed by atoms with Gasteiger partial charge in [-0.3, -0.25) is 9.69 Å². The van der Waals surface area contributed by atoms with E-state index in [1.807, 2.05) is 73.7 Å². The van der Waals surface area contributed by atoms with Gasteiger partial charge < -0.3 is 14.9 Å². The van der Waals surface area contributed by atoms with Crippen molar-refractivity contribution >= 4 is 5.97 Å². The number of phenols is 1. The number of phenolic OH excluding ortho intramolecular Hbond substituents is 1. The summed E-state index contributed by atoms with van der Waals surface area (Å²) in [4.78, 5) is 13.2. The van der Waals surface area contributed by atoms with E-state index in [-0.39, 0.29) is 12.2 Å². The number of carboxylic acids is 1. The predicted molar refractivity (Wildman–Crippen MR) is 112 cm³/mol. The fraction of sp³-hybridized carbons (Fsp3) is 0.208. The van der Waals surface area contributed by atoms with E-state index in [9.17, 15) is 9.90 Å². The van der Waals surface area contributed by atoms with Crippen LogP contribution in [0.15, 0.2) is 72.8 Å². The molecule has 150 valence electrons. The second-order valence-electron chi connectivity index (χ2n) is 7.04. The Kier molecular flexibility index (Phi) is 6.87. The molecule has 0 bridgehead atoms. The maximum Gasteiger partial charge on any atom is 0.304 e. The number of aryl methyl sites for hydroxylation is 1. The summed E-state index contributed by atoms with van der Waals surface area (Å²) in [5, 5.41) is 18.8. The van der Waals surface area contributed by atoms with Crippen LogP contribution in [0.4, 0.5) is 0 Å². The van der Waals surface area contributed by atoms with Gasteiger partial charge in [0.25, 0.3) is 0 Å². The minimum Gasteiger partial charge on any atom is -0.508 e. The maximum atomic E-state index is 11.1. The fourth-order valence-corrected chi connectivity index (χ4v) is 3.13. The van der Waals surface area contributed by atoms with Gasteiger partial charge in [-0.05, 0) is 53.9 Å². The molecule has 3 rings (SSSR count). The van der Waals surface area contributed by atoms with Crippen molar-refractivity contribution in [3.05, 3.63) is 89.5 Å². The van der Waals surface area contributed by atoms with Crippen LogP contribution in [0.3, 0.4) is 0 Å². The highest BCUT2D eigenvalue weighted by atomic mass is 16.5. The molecule has 3 aromatic carbocycles. The SMILES string of the molecule is Cc1cc(CN(CCC(=O)O)Cc2cccc(Oc3ccccc3)c2)ccc1O. The summed E-state index contributed by atoms with van der Waals surface area (Å²) in [7, 11) is 0. The summed E-state index contributed by atoms with van der Waals surface area (Å²) in [5.74, 6) is 0.953. The first-order valence-electron chi connectivity index (χ1n) is 9.54. The Morgan fingerprint density at radius 2 is 1.59 bits per heavy atom. The Morgan fingerprint density at radius 1 is 0.897 bits per heavy atom. The van der Waals surface area contributed by atoms with Crippen LogP contribution in [-0.2, 0) is 17.9 Å². The molecule has 0 radical (unpaired) electrons. The lowest BCUT2D eigenvalue weighted by molar-refractivity contribution is -0.137. The van der Waals surface area contributed by atoms with Crippen molar-refractivity contribution < 1.29 is 19.7 Å². The number of benzene rings is 3. The standard InChI is InChI=1S/C24H25NO4/c1-18-14-20(10-11-23(18)26)17-25(13-12-24(27)28)16-19-6-5-9-22(15-19)29-21-7-3-2-4-8-21/h2-11,14-15,26H,12-13,16-17H2,1H3,(H,27,28). The lowest BCUT2D eigenvalue weighted by Crippen LogP contribution is -2.25. The van der Waals surface area contributed by atoms with Crippen LogP contribution in [-0.4, -0.2) is 27.6 Å². The van der Waals surface area contributed by atoms with Crippen molar-refractivity contribution in [3.63, 3.8) is 0 Å². The van der Waals surface area contributed by atoms with E-state index >= 15 is 0 Å². The highest BCUT2D eigenvalue weighted by Crippen LogP contribution is 2.23. The fourth-order valence-electron chi connectivity index (χ4n) is 3.13. The summed E-state index contributed by atoms with van der Waals surface area (Å²) in [6, 6.07) is 22.9. The van der Waals surface area contributed by atoms with E-state index in [4.69, 9.17) is 9.84 Å². The third kappa shape index (κ3) is 6.36. The van der Waals surface area contributed by atoms with Gasteiger partial charge in [0.05, 0.1) is 6.42 Å². The molecule has 0 fully saturated rings. The second-order valence-corrected chi connectivity index (χ2v) is 7.04. The Morgan fingerprint density at radius 3 is 2.28 bits per heavy atom. The molecule has 0 aliphatic heterocycles. The quantitative estimate of drug-likeness (QED) is 0.539. The van der Waals surface area contributed by atoms with Crippen LogP contribution in [0.2, 0.25) is 0 Å². The number of ether oxygens (including phenoxy) is 1. The number of aliphatic carboxylic acids is 1. The molecule has 0 saturated heterocycles. The molecule has 29 heavy (non-hydrogen) atoms. The summed E-state index contributed by atoms with van der Waals surface area (Å²) < 4.78 is 5.91. The van der Waals surface area contributed by atoms with Gasteiger partial charge in [0.15, 0.2) is 0 Å². The molecule has 0 heterocycles. The van der Waals surface area contributed by atoms with Gasteiger partial charge in [0.2, 0.25) is 0 Å². The second kappa shape index (κ2) is 9.75. The van der Waals surface area contributed by atoms with E-state index in [1.165, 1.54) is 0 Å². The minimum atomic E-state index is -0.821. The highest BCUT2D eigenvalue weighted by Gasteiger charge is 2.11. The highest BCUT2D eigenvalue weighted by molar-refractivity contribution is 5.66. The van der Waals surface area contributed by atoms with Crippen molar-refractivity contribution in [1.82, 2.24) is 4.90 Å². The molecule has 5 nitrogen and oxygen atoms in total. The molecule has 0 aliphatic rings. The van der Waals surface area contributed by atoms with Crippen LogP contribution >= 0.6 is 0 Å². The lowest BCUT2D eigenvalue weighted by Gasteiger charge is -2.22. The molecule has 0 atom stereocenters. The van der Waals surface area contributed by atoms with Crippen LogP contribution in [0.25, 0.3) is 0 Å². The van der Waals surface area contributed by atoms with E-state index < -0.39 is 5.97 Å². The number of nitrogens with zero attached hydrogens (tertiary/aromatic N) is 1. The Hall–Kier alpha value is -3.31. The normalized spacial score (nSPS) is 10.8. The summed E-state index contributed by atoms with van der Waals surface area (Å²) in [6.07, 6.45) is 0.0667. The average molecular weight is 391 g/mol. The number of para-hydroxylation sites is 1. The van der Waals surface area contributed by atoms with E-state index in [1.54, 1.807) is 6.07 Å². The number of carboxylic acid groups (broad SMARTS) is 1. The number of hydrogen-bond acceptors (Lipinski definition) is 4. The smallest absolute Gasteiger partial charge is 0.304 e. The van der Waals surface area contributed by atoms with Crippen LogP contribution in [0.1, 0.15) is 23.1 Å². The van der Waals surface area contributed by atoms with Gasteiger partial charge in [-0.1, -0.05) is 42.5 Å². The van der Waals surface area contributed by atoms with Gasteiger partial charge >= 0.3 is 5.97 Å². The van der Waals surface area contributed by atoms with E-state index in [0.717, 1.165) is 28.2 Å². The monoisotopic (exact) mass is 391 g/mol. The number of aromatic hydroxyl groups is 1. The van der Waals surface area contributed by atoms with E-state index in [2.05, 4.69) is 4.90 Å². The molecule has 0 spiro atoms. The van der Waals surface area contributed by atoms with Crippen molar-refractivity contribution in [2.75, 3.05) is 6.54 Å². The van der Waals surface area contributed by atoms with Crippen molar-refractivity contribution in [1.29, 1.82) is 0 Å². The first kappa shape index (κ1) is 20.4. The third-order valence-corrected chi connectivity index (χ3v) is 4.59. The molecule has 0 aliphatic carbocycles. The molecular weight excluding hydrogens is 366 g/mol. The van der Waals surface area contributed by atoms with Crippen molar-refractivity contribution in [2.24, 2.45) is 0 Å². The summed E-state index contributed by atoms with van der Waals surface area (Å²) in [5.41, 5.74) is 2.88. The topological polar surface area (TPSA) is 70.0 Å². The number of hydrogen-bond donors (Lipinski definition) is 2. The average Bonchev–Trinajstić information content (AvgIpc) is 2.70. The first-order valence-corrected chi connectivity index (χ1v) is 9.54. The van der Waals surface area contributed by atoms with Gasteiger partial charge in [0.1, 0.15) is 17.2 Å². The zero-order valence-electron chi connectivity index (χ0n) is 16.4. The molecule has 0 saturated carbocycles. The van der Waals surface area contributed by atoms with Crippen molar-refractivity contribution in [2.45, 2.75) is 26.4 Å². The van der Waals surface area contributed by atoms with Crippen molar-refractivity contribution in [3.8, 4) is 17.2 Å². The molecule has 5 heteroatoms. The zero-order chi connectivity index (χ0) is 20.6.